The van der Waals surface area contributed by atoms with E-state index in [-0.39, 0.29) is 11.8 Å². The van der Waals surface area contributed by atoms with Crippen molar-refractivity contribution in [2.45, 2.75) is 33.1 Å². The number of pyridine rings is 2. The van der Waals surface area contributed by atoms with Gasteiger partial charge in [-0.3, -0.25) is 10.1 Å². The van der Waals surface area contributed by atoms with Gasteiger partial charge in [0.15, 0.2) is 5.65 Å². The third kappa shape index (κ3) is 4.94. The fourth-order valence-electron chi connectivity index (χ4n) is 3.31. The number of hydrogen-bond donors (Lipinski definition) is 2. The lowest BCUT2D eigenvalue weighted by Gasteiger charge is -2.11. The molecule has 2 N–H and O–H groups in total. The molecule has 32 heavy (non-hydrogen) atoms. The van der Waals surface area contributed by atoms with Gasteiger partial charge in [0.1, 0.15) is 5.82 Å². The molecule has 7 nitrogen and oxygen atoms in total. The van der Waals surface area contributed by atoms with E-state index in [0.717, 1.165) is 47.5 Å². The summed E-state index contributed by atoms with van der Waals surface area (Å²) in [5, 5.41) is 10.7. The molecule has 0 saturated heterocycles. The van der Waals surface area contributed by atoms with Gasteiger partial charge in [-0.2, -0.15) is 4.98 Å². The summed E-state index contributed by atoms with van der Waals surface area (Å²) in [5.41, 5.74) is 4.70. The maximum absolute atomic E-state index is 12.0. The molecule has 3 aromatic rings. The Bertz CT molecular complexity index is 1180. The number of allylic oxidation sites excluding steroid dienone is 3. The summed E-state index contributed by atoms with van der Waals surface area (Å²) in [5.74, 6) is 1.21. The molecule has 7 heteroatoms. The lowest BCUT2D eigenvalue weighted by Crippen LogP contribution is -2.14. The minimum absolute atomic E-state index is 0.00634. The van der Waals surface area contributed by atoms with Crippen molar-refractivity contribution in [2.75, 3.05) is 17.2 Å². The van der Waals surface area contributed by atoms with E-state index in [0.29, 0.717) is 18.1 Å². The molecule has 0 aliphatic heterocycles. The van der Waals surface area contributed by atoms with Gasteiger partial charge >= 0.3 is 0 Å². The molecule has 3 aromatic heterocycles. The summed E-state index contributed by atoms with van der Waals surface area (Å²) in [4.78, 5) is 21.0. The van der Waals surface area contributed by atoms with Gasteiger partial charge in [-0.25, -0.2) is 9.50 Å². The van der Waals surface area contributed by atoms with Gasteiger partial charge in [-0.05, 0) is 56.0 Å². The Hall–Kier alpha value is -3.74. The molecule has 1 amide bonds. The van der Waals surface area contributed by atoms with Crippen LogP contribution in [0.15, 0.2) is 72.5 Å². The van der Waals surface area contributed by atoms with Crippen molar-refractivity contribution >= 4 is 23.3 Å². The number of carbonyl (C=O) groups is 1. The van der Waals surface area contributed by atoms with Gasteiger partial charge in [0, 0.05) is 24.2 Å². The predicted molar refractivity (Wildman–Crippen MR) is 128 cm³/mol. The summed E-state index contributed by atoms with van der Waals surface area (Å²) in [6, 6.07) is 9.70. The molecule has 164 valence electrons. The summed E-state index contributed by atoms with van der Waals surface area (Å²) >= 11 is 0. The van der Waals surface area contributed by atoms with E-state index in [1.54, 1.807) is 4.52 Å². The first-order valence-corrected chi connectivity index (χ1v) is 11.0. The van der Waals surface area contributed by atoms with Crippen LogP contribution < -0.4 is 10.6 Å². The Balaban J connectivity index is 1.50. The molecule has 0 spiro atoms. The maximum atomic E-state index is 12.0. The standard InChI is InChI=1S/C25H28N6O/c1-4-6-8-19(17(3)5-2)15-26-22-14-13-20(16-27-22)21-9-7-10-23-28-25(30-31(21)23)29-24(32)18-11-12-18/h4,6-10,13-14,16,18H,3,5,11-12,15H2,1-2H3,(H,26,27)(H,29,30,32). The van der Waals surface area contributed by atoms with E-state index in [1.807, 2.05) is 55.6 Å². The highest BCUT2D eigenvalue weighted by Gasteiger charge is 2.30. The van der Waals surface area contributed by atoms with Crippen LogP contribution in [0.4, 0.5) is 11.8 Å². The van der Waals surface area contributed by atoms with E-state index in [9.17, 15) is 4.79 Å². The van der Waals surface area contributed by atoms with Crippen LogP contribution in [0.25, 0.3) is 16.9 Å². The minimum atomic E-state index is -0.00634. The molecule has 0 aromatic carbocycles. The summed E-state index contributed by atoms with van der Waals surface area (Å²) in [7, 11) is 0. The van der Waals surface area contributed by atoms with Gasteiger partial charge in [0.25, 0.3) is 0 Å². The molecule has 1 fully saturated rings. The lowest BCUT2D eigenvalue weighted by atomic mass is 10.1. The van der Waals surface area contributed by atoms with Crippen molar-refractivity contribution in [1.29, 1.82) is 0 Å². The van der Waals surface area contributed by atoms with Crippen molar-refractivity contribution in [3.05, 3.63) is 72.5 Å². The molecule has 1 aliphatic carbocycles. The second kappa shape index (κ2) is 9.60. The average molecular weight is 429 g/mol. The highest BCUT2D eigenvalue weighted by molar-refractivity contribution is 5.92. The van der Waals surface area contributed by atoms with Crippen molar-refractivity contribution in [3.8, 4) is 11.3 Å². The number of amides is 1. The maximum Gasteiger partial charge on any atom is 0.249 e. The van der Waals surface area contributed by atoms with Gasteiger partial charge in [-0.15, -0.1) is 5.10 Å². The molecule has 0 atom stereocenters. The van der Waals surface area contributed by atoms with Crippen LogP contribution in [0.1, 0.15) is 33.1 Å². The lowest BCUT2D eigenvalue weighted by molar-refractivity contribution is -0.117. The minimum Gasteiger partial charge on any atom is -0.366 e. The molecule has 4 rings (SSSR count). The number of nitrogens with one attached hydrogen (secondary N) is 2. The smallest absolute Gasteiger partial charge is 0.249 e. The first-order valence-electron chi connectivity index (χ1n) is 11.0. The normalized spacial score (nSPS) is 14.1. The number of rotatable bonds is 9. The number of carbonyl (C=O) groups excluding carboxylic acids is 1. The van der Waals surface area contributed by atoms with Crippen LogP contribution >= 0.6 is 0 Å². The highest BCUT2D eigenvalue weighted by Crippen LogP contribution is 2.30. The summed E-state index contributed by atoms with van der Waals surface area (Å²) < 4.78 is 1.73. The zero-order valence-corrected chi connectivity index (χ0v) is 18.5. The van der Waals surface area contributed by atoms with Crippen LogP contribution in [0.3, 0.4) is 0 Å². The quantitative estimate of drug-likeness (QED) is 0.468. The third-order valence-corrected chi connectivity index (χ3v) is 5.43. The van der Waals surface area contributed by atoms with Gasteiger partial charge < -0.3 is 5.32 Å². The van der Waals surface area contributed by atoms with E-state index in [2.05, 4.69) is 45.3 Å². The zero-order chi connectivity index (χ0) is 22.5. The number of nitrogens with zero attached hydrogens (tertiary/aromatic N) is 4. The Morgan fingerprint density at radius 3 is 2.81 bits per heavy atom. The fraction of sp³-hybridized carbons (Fsp3) is 0.280. The van der Waals surface area contributed by atoms with Gasteiger partial charge in [0.05, 0.1) is 5.69 Å². The average Bonchev–Trinajstić information content (AvgIpc) is 3.59. The van der Waals surface area contributed by atoms with E-state index >= 15 is 0 Å². The highest BCUT2D eigenvalue weighted by atomic mass is 16.2. The summed E-state index contributed by atoms with van der Waals surface area (Å²) in [6.45, 7) is 8.91. The second-order valence-electron chi connectivity index (χ2n) is 7.84. The van der Waals surface area contributed by atoms with Crippen molar-refractivity contribution in [1.82, 2.24) is 19.6 Å². The molecule has 0 unspecified atom stereocenters. The van der Waals surface area contributed by atoms with Crippen molar-refractivity contribution in [3.63, 3.8) is 0 Å². The number of hydrogen-bond acceptors (Lipinski definition) is 5. The molecular formula is C25H28N6O. The third-order valence-electron chi connectivity index (χ3n) is 5.43. The van der Waals surface area contributed by atoms with Gasteiger partial charge in [-0.1, -0.05) is 43.4 Å². The number of fused-ring (bicyclic) bond motifs is 1. The SMILES string of the molecule is C=C(CC)C(=CC=CC)CNc1ccc(-c2cccc3nc(NC(=O)C4CC4)nn23)cn1. The first kappa shape index (κ1) is 21.5. The number of aromatic nitrogens is 4. The monoisotopic (exact) mass is 428 g/mol. The topological polar surface area (TPSA) is 84.2 Å². The zero-order valence-electron chi connectivity index (χ0n) is 18.5. The van der Waals surface area contributed by atoms with Crippen LogP contribution in [0.5, 0.6) is 0 Å². The van der Waals surface area contributed by atoms with E-state index in [1.165, 1.54) is 0 Å². The molecule has 1 saturated carbocycles. The van der Waals surface area contributed by atoms with Crippen molar-refractivity contribution < 1.29 is 4.79 Å². The summed E-state index contributed by atoms with van der Waals surface area (Å²) in [6.07, 6.45) is 10.7. The number of anilines is 2. The van der Waals surface area contributed by atoms with Crippen LogP contribution in [-0.4, -0.2) is 32.0 Å². The van der Waals surface area contributed by atoms with Gasteiger partial charge in [0.2, 0.25) is 11.9 Å². The molecule has 3 heterocycles. The van der Waals surface area contributed by atoms with E-state index < -0.39 is 0 Å². The van der Waals surface area contributed by atoms with Crippen LogP contribution in [0, 0.1) is 5.92 Å². The fourth-order valence-corrected chi connectivity index (χ4v) is 3.31. The van der Waals surface area contributed by atoms with Crippen LogP contribution in [0.2, 0.25) is 0 Å². The first-order chi connectivity index (χ1) is 15.6. The molecule has 0 radical (unpaired) electrons. The molecular weight excluding hydrogens is 400 g/mol. The Labute approximate surface area is 188 Å². The molecule has 1 aliphatic rings. The van der Waals surface area contributed by atoms with E-state index in [4.69, 9.17) is 0 Å². The van der Waals surface area contributed by atoms with Crippen LogP contribution in [-0.2, 0) is 4.79 Å². The Morgan fingerprint density at radius 1 is 1.28 bits per heavy atom. The largest absolute Gasteiger partial charge is 0.366 e. The Morgan fingerprint density at radius 2 is 2.12 bits per heavy atom. The molecule has 0 bridgehead atoms. The van der Waals surface area contributed by atoms with Crippen molar-refractivity contribution in [2.24, 2.45) is 5.92 Å². The predicted octanol–water partition coefficient (Wildman–Crippen LogP) is 5.02. The Kier molecular flexibility index (Phi) is 6.44. The second-order valence-corrected chi connectivity index (χ2v) is 7.84.